The largest absolute Gasteiger partial charge is 0.326 e. The summed E-state index contributed by atoms with van der Waals surface area (Å²) in [6.45, 7) is 0.615. The van der Waals surface area contributed by atoms with E-state index in [1.165, 1.54) is 9.80 Å². The highest BCUT2D eigenvalue weighted by Crippen LogP contribution is 2.18. The van der Waals surface area contributed by atoms with Crippen molar-refractivity contribution in [2.24, 2.45) is 5.73 Å². The van der Waals surface area contributed by atoms with Crippen molar-refractivity contribution in [2.45, 2.75) is 19.4 Å². The lowest BCUT2D eigenvalue weighted by Gasteiger charge is -2.13. The summed E-state index contributed by atoms with van der Waals surface area (Å²) in [6, 6.07) is 6.80. The molecule has 28 heavy (non-hydrogen) atoms. The van der Waals surface area contributed by atoms with E-state index in [9.17, 15) is 14.4 Å². The van der Waals surface area contributed by atoms with Gasteiger partial charge in [-0.3, -0.25) is 19.6 Å². The van der Waals surface area contributed by atoms with Crippen LogP contribution in [0.3, 0.4) is 0 Å². The monoisotopic (exact) mass is 407 g/mol. The first-order valence-electron chi connectivity index (χ1n) is 8.55. The quantitative estimate of drug-likeness (QED) is 0.584. The van der Waals surface area contributed by atoms with Gasteiger partial charge in [0, 0.05) is 31.3 Å². The summed E-state index contributed by atoms with van der Waals surface area (Å²) in [5.41, 5.74) is 6.95. The third kappa shape index (κ3) is 4.84. The van der Waals surface area contributed by atoms with Gasteiger partial charge in [0.2, 0.25) is 11.8 Å². The maximum atomic E-state index is 12.1. The number of carbonyl (C=O) groups is 3. The first-order chi connectivity index (χ1) is 13.0. The standard InChI is InChI=1S/C17H21N7O3.ClH/c1-23-10-15(26)24(17(23)27)8-2-3-14(25)19-12-6-4-11(5-7-12)16-20-13(9-18)21-22-16;/h4-7H,2-3,8-10,18H2,1H3,(H,19,25)(H,20,21,22);1H. The minimum absolute atomic E-state index is 0. The van der Waals surface area contributed by atoms with E-state index >= 15 is 0 Å². The molecule has 0 aliphatic carbocycles. The molecule has 2 aromatic rings. The van der Waals surface area contributed by atoms with Gasteiger partial charge < -0.3 is 16.0 Å². The SMILES string of the molecule is CN1CC(=O)N(CCCC(=O)Nc2ccc(-c3n[nH]c(CN)n3)cc2)C1=O.Cl. The van der Waals surface area contributed by atoms with Crippen LogP contribution < -0.4 is 11.1 Å². The zero-order chi connectivity index (χ0) is 19.4. The van der Waals surface area contributed by atoms with Crippen LogP contribution in [0.2, 0.25) is 0 Å². The predicted octanol–water partition coefficient (Wildman–Crippen LogP) is 0.965. The van der Waals surface area contributed by atoms with Crippen molar-refractivity contribution in [3.8, 4) is 11.4 Å². The number of halogens is 1. The Morgan fingerprint density at radius 1 is 1.29 bits per heavy atom. The number of aromatic nitrogens is 3. The Bertz CT molecular complexity index is 853. The molecule has 3 rings (SSSR count). The van der Waals surface area contributed by atoms with Crippen LogP contribution in [0.25, 0.3) is 11.4 Å². The highest BCUT2D eigenvalue weighted by Gasteiger charge is 2.32. The lowest BCUT2D eigenvalue weighted by atomic mass is 10.2. The molecule has 2 heterocycles. The Labute approximate surface area is 167 Å². The number of nitrogens with zero attached hydrogens (tertiary/aromatic N) is 4. The van der Waals surface area contributed by atoms with Gasteiger partial charge in [0.25, 0.3) is 0 Å². The fraction of sp³-hybridized carbons (Fsp3) is 0.353. The van der Waals surface area contributed by atoms with Gasteiger partial charge >= 0.3 is 6.03 Å². The molecule has 1 aromatic carbocycles. The van der Waals surface area contributed by atoms with Crippen molar-refractivity contribution in [3.63, 3.8) is 0 Å². The molecular weight excluding hydrogens is 386 g/mol. The summed E-state index contributed by atoms with van der Waals surface area (Å²) in [5.74, 6) is 0.726. The van der Waals surface area contributed by atoms with Crippen LogP contribution in [0.5, 0.6) is 0 Å². The molecule has 1 aliphatic heterocycles. The first kappa shape index (κ1) is 21.3. The van der Waals surface area contributed by atoms with E-state index < -0.39 is 0 Å². The second-order valence-electron chi connectivity index (χ2n) is 6.22. The number of nitrogens with one attached hydrogen (secondary N) is 2. The Morgan fingerprint density at radius 3 is 2.57 bits per heavy atom. The molecule has 0 saturated carbocycles. The molecular formula is C17H22ClN7O3. The van der Waals surface area contributed by atoms with E-state index in [0.717, 1.165) is 5.56 Å². The third-order valence-electron chi connectivity index (χ3n) is 4.17. The van der Waals surface area contributed by atoms with Crippen LogP contribution in [0.4, 0.5) is 10.5 Å². The Hall–Kier alpha value is -2.98. The normalized spacial score (nSPS) is 13.6. The molecule has 4 amide bonds. The topological polar surface area (TPSA) is 137 Å². The van der Waals surface area contributed by atoms with E-state index in [1.54, 1.807) is 31.3 Å². The van der Waals surface area contributed by atoms with Gasteiger partial charge in [0.05, 0.1) is 6.54 Å². The molecule has 0 radical (unpaired) electrons. The van der Waals surface area contributed by atoms with E-state index in [0.29, 0.717) is 23.8 Å². The third-order valence-corrected chi connectivity index (χ3v) is 4.17. The van der Waals surface area contributed by atoms with Crippen molar-refractivity contribution in [2.75, 3.05) is 25.5 Å². The van der Waals surface area contributed by atoms with Gasteiger partial charge in [-0.25, -0.2) is 9.78 Å². The van der Waals surface area contributed by atoms with Crippen molar-refractivity contribution < 1.29 is 14.4 Å². The van der Waals surface area contributed by atoms with E-state index in [1.807, 2.05) is 0 Å². The van der Waals surface area contributed by atoms with Crippen LogP contribution in [0.15, 0.2) is 24.3 Å². The molecule has 4 N–H and O–H groups in total. The van der Waals surface area contributed by atoms with Gasteiger partial charge in [0.15, 0.2) is 5.82 Å². The van der Waals surface area contributed by atoms with Crippen molar-refractivity contribution in [1.29, 1.82) is 0 Å². The molecule has 0 spiro atoms. The lowest BCUT2D eigenvalue weighted by molar-refractivity contribution is -0.125. The lowest BCUT2D eigenvalue weighted by Crippen LogP contribution is -2.32. The second kappa shape index (κ2) is 9.29. The number of amides is 4. The van der Waals surface area contributed by atoms with Gasteiger partial charge in [0.1, 0.15) is 12.4 Å². The van der Waals surface area contributed by atoms with Gasteiger partial charge in [-0.15, -0.1) is 12.4 Å². The number of likely N-dealkylation sites (N-methyl/N-ethyl adjacent to an activating group) is 1. The molecule has 1 fully saturated rings. The number of aromatic amines is 1. The van der Waals surface area contributed by atoms with Crippen LogP contribution in [0, 0.1) is 0 Å². The minimum Gasteiger partial charge on any atom is -0.326 e. The zero-order valence-corrected chi connectivity index (χ0v) is 16.2. The minimum atomic E-state index is -0.319. The van der Waals surface area contributed by atoms with Crippen molar-refractivity contribution >= 4 is 35.9 Å². The summed E-state index contributed by atoms with van der Waals surface area (Å²) in [4.78, 5) is 42.3. The number of urea groups is 1. The number of rotatable bonds is 7. The van der Waals surface area contributed by atoms with Crippen LogP contribution in [-0.2, 0) is 16.1 Å². The summed E-state index contributed by atoms with van der Waals surface area (Å²) in [7, 11) is 1.58. The van der Waals surface area contributed by atoms with E-state index in [2.05, 4.69) is 20.5 Å². The fourth-order valence-corrected chi connectivity index (χ4v) is 2.73. The Kier molecular flexibility index (Phi) is 7.07. The van der Waals surface area contributed by atoms with Gasteiger partial charge in [-0.2, -0.15) is 5.10 Å². The summed E-state index contributed by atoms with van der Waals surface area (Å²) in [6.07, 6.45) is 0.623. The van der Waals surface area contributed by atoms with Crippen LogP contribution in [-0.4, -0.2) is 63.0 Å². The highest BCUT2D eigenvalue weighted by atomic mass is 35.5. The maximum absolute atomic E-state index is 12.1. The predicted molar refractivity (Wildman–Crippen MR) is 105 cm³/mol. The number of nitrogens with two attached hydrogens (primary N) is 1. The van der Waals surface area contributed by atoms with Gasteiger partial charge in [-0.05, 0) is 30.7 Å². The molecule has 1 aromatic heterocycles. The second-order valence-corrected chi connectivity index (χ2v) is 6.22. The summed E-state index contributed by atoms with van der Waals surface area (Å²) >= 11 is 0. The number of hydrogen-bond acceptors (Lipinski definition) is 6. The van der Waals surface area contributed by atoms with Crippen molar-refractivity contribution in [1.82, 2.24) is 25.0 Å². The number of anilines is 1. The number of benzene rings is 1. The van der Waals surface area contributed by atoms with Crippen LogP contribution >= 0.6 is 12.4 Å². The van der Waals surface area contributed by atoms with Crippen LogP contribution in [0.1, 0.15) is 18.7 Å². The average molecular weight is 408 g/mol. The molecule has 0 atom stereocenters. The number of H-pyrrole nitrogens is 1. The van der Waals surface area contributed by atoms with E-state index in [-0.39, 0.29) is 56.3 Å². The Balaban J connectivity index is 0.00000280. The summed E-state index contributed by atoms with van der Waals surface area (Å²) in [5, 5.41) is 9.61. The number of imide groups is 1. The maximum Gasteiger partial charge on any atom is 0.326 e. The van der Waals surface area contributed by atoms with Crippen molar-refractivity contribution in [3.05, 3.63) is 30.1 Å². The molecule has 11 heteroatoms. The zero-order valence-electron chi connectivity index (χ0n) is 15.3. The average Bonchev–Trinajstić information content (AvgIpc) is 3.22. The smallest absolute Gasteiger partial charge is 0.326 e. The molecule has 150 valence electrons. The molecule has 10 nitrogen and oxygen atoms in total. The molecule has 0 bridgehead atoms. The first-order valence-corrected chi connectivity index (χ1v) is 8.55. The molecule has 0 unspecified atom stereocenters. The van der Waals surface area contributed by atoms with E-state index in [4.69, 9.17) is 5.73 Å². The molecule has 1 saturated heterocycles. The van der Waals surface area contributed by atoms with Gasteiger partial charge in [-0.1, -0.05) is 0 Å². The highest BCUT2D eigenvalue weighted by molar-refractivity contribution is 6.01. The number of carbonyl (C=O) groups excluding carboxylic acids is 3. The fourth-order valence-electron chi connectivity index (χ4n) is 2.73. The summed E-state index contributed by atoms with van der Waals surface area (Å²) < 4.78 is 0. The number of hydrogen-bond donors (Lipinski definition) is 3. The molecule has 1 aliphatic rings. The Morgan fingerprint density at radius 2 is 2.00 bits per heavy atom.